The predicted molar refractivity (Wildman–Crippen MR) is 69.9 cm³/mol. The number of piperazine rings is 1. The molecule has 0 bridgehead atoms. The van der Waals surface area contributed by atoms with Gasteiger partial charge in [-0.05, 0) is 18.4 Å². The van der Waals surface area contributed by atoms with Crippen molar-refractivity contribution in [2.75, 3.05) is 26.2 Å². The van der Waals surface area contributed by atoms with Crippen molar-refractivity contribution in [2.45, 2.75) is 18.9 Å². The van der Waals surface area contributed by atoms with Gasteiger partial charge in [0.2, 0.25) is 5.91 Å². The molecule has 1 aliphatic heterocycles. The monoisotopic (exact) mass is 253 g/mol. The van der Waals surface area contributed by atoms with Crippen molar-refractivity contribution >= 4 is 17.2 Å². The van der Waals surface area contributed by atoms with Crippen LogP contribution in [0.5, 0.6) is 0 Å². The summed E-state index contributed by atoms with van der Waals surface area (Å²) in [6.45, 7) is 5.27. The first-order valence-electron chi connectivity index (χ1n) is 5.91. The molecule has 0 aliphatic carbocycles. The van der Waals surface area contributed by atoms with Crippen molar-refractivity contribution in [3.05, 3.63) is 22.4 Å². The lowest BCUT2D eigenvalue weighted by Crippen LogP contribution is -2.49. The van der Waals surface area contributed by atoms with Gasteiger partial charge in [-0.15, -0.1) is 11.3 Å². The second-order valence-corrected chi connectivity index (χ2v) is 5.65. The van der Waals surface area contributed by atoms with Gasteiger partial charge in [0.25, 0.3) is 0 Å². The van der Waals surface area contributed by atoms with Crippen LogP contribution in [-0.2, 0) is 10.3 Å². The number of nitrogens with two attached hydrogens (primary N) is 1. The summed E-state index contributed by atoms with van der Waals surface area (Å²) in [5.74, 6) is 0.157. The van der Waals surface area contributed by atoms with Crippen LogP contribution in [0.25, 0.3) is 0 Å². The Morgan fingerprint density at radius 1 is 1.59 bits per heavy atom. The molecule has 0 spiro atoms. The van der Waals surface area contributed by atoms with Crippen molar-refractivity contribution in [1.82, 2.24) is 10.2 Å². The van der Waals surface area contributed by atoms with Gasteiger partial charge in [0, 0.05) is 37.5 Å². The highest BCUT2D eigenvalue weighted by molar-refractivity contribution is 7.10. The van der Waals surface area contributed by atoms with E-state index in [1.807, 2.05) is 29.3 Å². The number of hydrogen-bond donors (Lipinski definition) is 2. The molecule has 1 aromatic heterocycles. The number of carbonyl (C=O) groups is 1. The zero-order valence-corrected chi connectivity index (χ0v) is 10.9. The summed E-state index contributed by atoms with van der Waals surface area (Å²) >= 11 is 1.61. The normalized spacial score (nSPS) is 20.0. The lowest BCUT2D eigenvalue weighted by molar-refractivity contribution is -0.133. The first-order valence-corrected chi connectivity index (χ1v) is 6.79. The first-order chi connectivity index (χ1) is 8.09. The fourth-order valence-electron chi connectivity index (χ4n) is 2.03. The van der Waals surface area contributed by atoms with E-state index in [2.05, 4.69) is 5.32 Å². The van der Waals surface area contributed by atoms with Gasteiger partial charge in [-0.25, -0.2) is 0 Å². The molecule has 1 saturated heterocycles. The number of nitrogens with one attached hydrogen (secondary N) is 1. The molecule has 0 radical (unpaired) electrons. The molecule has 1 fully saturated rings. The number of carbonyl (C=O) groups excluding carboxylic acids is 1. The maximum Gasteiger partial charge on any atom is 0.224 e. The van der Waals surface area contributed by atoms with Crippen LogP contribution in [0.3, 0.4) is 0 Å². The van der Waals surface area contributed by atoms with Crippen LogP contribution in [0.1, 0.15) is 18.2 Å². The van der Waals surface area contributed by atoms with E-state index in [4.69, 9.17) is 5.73 Å². The molecular weight excluding hydrogens is 234 g/mol. The van der Waals surface area contributed by atoms with Gasteiger partial charge in [-0.3, -0.25) is 4.79 Å². The molecular formula is C12H19N3OS. The van der Waals surface area contributed by atoms with Crippen LogP contribution < -0.4 is 11.1 Å². The van der Waals surface area contributed by atoms with E-state index in [1.165, 1.54) is 0 Å². The van der Waals surface area contributed by atoms with Crippen LogP contribution in [0.4, 0.5) is 0 Å². The Kier molecular flexibility index (Phi) is 3.81. The Morgan fingerprint density at radius 3 is 2.88 bits per heavy atom. The molecule has 94 valence electrons. The first kappa shape index (κ1) is 12.5. The third-order valence-corrected chi connectivity index (χ3v) is 4.22. The minimum Gasteiger partial charge on any atom is -0.340 e. The zero-order chi connectivity index (χ0) is 12.3. The fourth-order valence-corrected chi connectivity index (χ4v) is 2.83. The predicted octanol–water partition coefficient (Wildman–Crippen LogP) is 0.744. The number of thiophene rings is 1. The second kappa shape index (κ2) is 5.16. The van der Waals surface area contributed by atoms with Gasteiger partial charge < -0.3 is 16.0 Å². The Balaban J connectivity index is 1.97. The molecule has 1 unspecified atom stereocenters. The minimum absolute atomic E-state index is 0.157. The van der Waals surface area contributed by atoms with Crippen molar-refractivity contribution in [2.24, 2.45) is 5.73 Å². The van der Waals surface area contributed by atoms with Gasteiger partial charge in [0.15, 0.2) is 0 Å². The third kappa shape index (κ3) is 3.06. The Hall–Kier alpha value is -0.910. The molecule has 3 N–H and O–H groups in total. The van der Waals surface area contributed by atoms with Crippen LogP contribution >= 0.6 is 11.3 Å². The van der Waals surface area contributed by atoms with Crippen LogP contribution in [0, 0.1) is 0 Å². The SMILES string of the molecule is CC(N)(CC(=O)N1CCNCC1)c1cccs1. The van der Waals surface area contributed by atoms with Gasteiger partial charge in [0.1, 0.15) is 0 Å². The highest BCUT2D eigenvalue weighted by Gasteiger charge is 2.28. The van der Waals surface area contributed by atoms with E-state index in [1.54, 1.807) is 11.3 Å². The summed E-state index contributed by atoms with van der Waals surface area (Å²) in [6.07, 6.45) is 0.382. The number of rotatable bonds is 3. The summed E-state index contributed by atoms with van der Waals surface area (Å²) in [6, 6.07) is 3.97. The maximum absolute atomic E-state index is 12.1. The topological polar surface area (TPSA) is 58.4 Å². The number of nitrogens with zero attached hydrogens (tertiary/aromatic N) is 1. The Labute approximate surface area is 106 Å². The Morgan fingerprint density at radius 2 is 2.29 bits per heavy atom. The molecule has 0 saturated carbocycles. The van der Waals surface area contributed by atoms with Gasteiger partial charge in [-0.1, -0.05) is 6.07 Å². The standard InChI is InChI=1S/C12H19N3OS/c1-12(13,10-3-2-8-17-10)9-11(16)15-6-4-14-5-7-15/h2-3,8,14H,4-7,9,13H2,1H3. The average Bonchev–Trinajstić information content (AvgIpc) is 2.84. The quantitative estimate of drug-likeness (QED) is 0.835. The van der Waals surface area contributed by atoms with E-state index in [0.29, 0.717) is 6.42 Å². The average molecular weight is 253 g/mol. The summed E-state index contributed by atoms with van der Waals surface area (Å²) in [5.41, 5.74) is 5.69. The Bertz CT molecular complexity index is 369. The van der Waals surface area contributed by atoms with Crippen molar-refractivity contribution in [3.63, 3.8) is 0 Å². The highest BCUT2D eigenvalue weighted by atomic mass is 32.1. The molecule has 2 heterocycles. The summed E-state index contributed by atoms with van der Waals surface area (Å²) in [7, 11) is 0. The van der Waals surface area contributed by atoms with E-state index in [9.17, 15) is 4.79 Å². The van der Waals surface area contributed by atoms with Crippen LogP contribution in [0.2, 0.25) is 0 Å². The van der Waals surface area contributed by atoms with Crippen molar-refractivity contribution in [3.8, 4) is 0 Å². The van der Waals surface area contributed by atoms with Crippen molar-refractivity contribution in [1.29, 1.82) is 0 Å². The molecule has 4 nitrogen and oxygen atoms in total. The molecule has 1 amide bonds. The molecule has 2 rings (SSSR count). The summed E-state index contributed by atoms with van der Waals surface area (Å²) in [5, 5.41) is 5.23. The van der Waals surface area contributed by atoms with E-state index < -0.39 is 5.54 Å². The summed E-state index contributed by atoms with van der Waals surface area (Å²) in [4.78, 5) is 15.1. The molecule has 0 aromatic carbocycles. The van der Waals surface area contributed by atoms with Crippen LogP contribution in [0.15, 0.2) is 17.5 Å². The molecule has 1 aliphatic rings. The minimum atomic E-state index is -0.546. The van der Waals surface area contributed by atoms with Crippen molar-refractivity contribution < 1.29 is 4.79 Å². The lowest BCUT2D eigenvalue weighted by Gasteiger charge is -2.31. The maximum atomic E-state index is 12.1. The van der Waals surface area contributed by atoms with E-state index >= 15 is 0 Å². The largest absolute Gasteiger partial charge is 0.340 e. The van der Waals surface area contributed by atoms with E-state index in [0.717, 1.165) is 31.1 Å². The molecule has 5 heteroatoms. The molecule has 1 aromatic rings. The van der Waals surface area contributed by atoms with Crippen LogP contribution in [-0.4, -0.2) is 37.0 Å². The lowest BCUT2D eigenvalue weighted by atomic mass is 9.96. The van der Waals surface area contributed by atoms with E-state index in [-0.39, 0.29) is 5.91 Å². The highest BCUT2D eigenvalue weighted by Crippen LogP contribution is 2.26. The molecule has 1 atom stereocenters. The second-order valence-electron chi connectivity index (χ2n) is 4.70. The summed E-state index contributed by atoms with van der Waals surface area (Å²) < 4.78 is 0. The van der Waals surface area contributed by atoms with Gasteiger partial charge in [0.05, 0.1) is 5.54 Å². The zero-order valence-electron chi connectivity index (χ0n) is 10.1. The molecule has 17 heavy (non-hydrogen) atoms. The number of amides is 1. The van der Waals surface area contributed by atoms with Gasteiger partial charge in [-0.2, -0.15) is 0 Å². The smallest absolute Gasteiger partial charge is 0.224 e. The fraction of sp³-hybridized carbons (Fsp3) is 0.583. The number of hydrogen-bond acceptors (Lipinski definition) is 4. The third-order valence-electron chi connectivity index (χ3n) is 3.07. The van der Waals surface area contributed by atoms with Gasteiger partial charge >= 0.3 is 0 Å².